The van der Waals surface area contributed by atoms with Gasteiger partial charge in [0.2, 0.25) is 0 Å². The summed E-state index contributed by atoms with van der Waals surface area (Å²) in [5, 5.41) is 15.5. The van der Waals surface area contributed by atoms with Gasteiger partial charge in [-0.25, -0.2) is 18.4 Å². The number of likely N-dealkylation sites (tertiary alicyclic amines) is 1. The fourth-order valence-electron chi connectivity index (χ4n) is 3.37. The van der Waals surface area contributed by atoms with Crippen molar-refractivity contribution in [3.05, 3.63) is 60.2 Å². The van der Waals surface area contributed by atoms with Gasteiger partial charge >= 0.3 is 0 Å². The summed E-state index contributed by atoms with van der Waals surface area (Å²) in [6, 6.07) is 2.87. The lowest BCUT2D eigenvalue weighted by molar-refractivity contribution is -0.0657. The molecule has 0 radical (unpaired) electrons. The first-order chi connectivity index (χ1) is 11.9. The number of rotatable bonds is 5. The summed E-state index contributed by atoms with van der Waals surface area (Å²) in [5.74, 6) is -1.44. The van der Waals surface area contributed by atoms with Crippen LogP contribution in [0.1, 0.15) is 25.3 Å². The molecule has 0 aliphatic carbocycles. The Bertz CT molecular complexity index is 740. The average Bonchev–Trinajstić information content (AvgIpc) is 3.07. The second kappa shape index (κ2) is 7.01. The summed E-state index contributed by atoms with van der Waals surface area (Å²) in [6.07, 6.45) is 4.51. The maximum absolute atomic E-state index is 14.5. The van der Waals surface area contributed by atoms with Crippen molar-refractivity contribution < 1.29 is 13.9 Å². The van der Waals surface area contributed by atoms with E-state index in [-0.39, 0.29) is 12.1 Å². The van der Waals surface area contributed by atoms with E-state index in [1.54, 1.807) is 0 Å². The van der Waals surface area contributed by atoms with Gasteiger partial charge in [0, 0.05) is 30.8 Å². The van der Waals surface area contributed by atoms with E-state index < -0.39 is 23.3 Å². The van der Waals surface area contributed by atoms with Gasteiger partial charge < -0.3 is 5.11 Å². The molecule has 134 valence electrons. The van der Waals surface area contributed by atoms with Crippen LogP contribution in [0.5, 0.6) is 0 Å². The molecule has 1 saturated heterocycles. The quantitative estimate of drug-likeness (QED) is 0.844. The van der Waals surface area contributed by atoms with Crippen LogP contribution in [0.25, 0.3) is 0 Å². The Hall–Kier alpha value is -2.12. The molecule has 1 aromatic heterocycles. The number of aromatic nitrogens is 3. The minimum Gasteiger partial charge on any atom is -0.381 e. The van der Waals surface area contributed by atoms with Crippen LogP contribution in [-0.2, 0) is 12.1 Å². The number of aliphatic hydroxyl groups is 1. The lowest BCUT2D eigenvalue weighted by Gasteiger charge is -2.43. The fourth-order valence-corrected chi connectivity index (χ4v) is 3.37. The van der Waals surface area contributed by atoms with E-state index in [4.69, 9.17) is 0 Å². The van der Waals surface area contributed by atoms with Gasteiger partial charge in [-0.3, -0.25) is 4.90 Å². The summed E-state index contributed by atoms with van der Waals surface area (Å²) in [5.41, 5.74) is -0.345. The third-order valence-corrected chi connectivity index (χ3v) is 5.01. The molecule has 2 heterocycles. The lowest BCUT2D eigenvalue weighted by Crippen LogP contribution is -2.53. The maximum atomic E-state index is 14.5. The topological polar surface area (TPSA) is 54.2 Å². The molecule has 0 bridgehead atoms. The third-order valence-electron chi connectivity index (χ3n) is 5.01. The van der Waals surface area contributed by atoms with Gasteiger partial charge in [-0.15, -0.1) is 0 Å². The van der Waals surface area contributed by atoms with Gasteiger partial charge in [0.1, 0.15) is 29.9 Å². The number of piperidine rings is 1. The lowest BCUT2D eigenvalue weighted by atomic mass is 9.84. The van der Waals surface area contributed by atoms with E-state index in [0.29, 0.717) is 0 Å². The number of nitrogens with zero attached hydrogens (tertiary/aromatic N) is 4. The molecular formula is C18H22F2N4O. The molecule has 1 aliphatic rings. The van der Waals surface area contributed by atoms with E-state index in [0.717, 1.165) is 38.1 Å². The molecular weight excluding hydrogens is 326 g/mol. The molecule has 1 N–H and O–H groups in total. The van der Waals surface area contributed by atoms with E-state index >= 15 is 0 Å². The van der Waals surface area contributed by atoms with Gasteiger partial charge in [-0.05, 0) is 25.8 Å². The van der Waals surface area contributed by atoms with Crippen LogP contribution in [0.2, 0.25) is 0 Å². The van der Waals surface area contributed by atoms with E-state index in [1.165, 1.54) is 29.0 Å². The zero-order valence-electron chi connectivity index (χ0n) is 14.2. The van der Waals surface area contributed by atoms with Crippen LogP contribution in [-0.4, -0.2) is 43.9 Å². The average molecular weight is 348 g/mol. The highest BCUT2D eigenvalue weighted by atomic mass is 19.1. The van der Waals surface area contributed by atoms with Gasteiger partial charge in [0.05, 0.1) is 6.54 Å². The van der Waals surface area contributed by atoms with Crippen LogP contribution < -0.4 is 0 Å². The Labute approximate surface area is 145 Å². The van der Waals surface area contributed by atoms with Crippen LogP contribution in [0.15, 0.2) is 43.0 Å². The standard InChI is InChI=1S/C18H22F2N4O/c1-13-5-7-23(8-6-13)14(2)18(25,10-24-12-21-11-22-24)16-4-3-15(19)9-17(16)20/h3-4,9,11-12,14,25H,1,5-8,10H2,2H3/t14-,18-/m0/s1. The summed E-state index contributed by atoms with van der Waals surface area (Å²) in [7, 11) is 0. The highest BCUT2D eigenvalue weighted by Gasteiger charge is 2.42. The maximum Gasteiger partial charge on any atom is 0.137 e. The summed E-state index contributed by atoms with van der Waals surface area (Å²) in [4.78, 5) is 5.99. The molecule has 25 heavy (non-hydrogen) atoms. The van der Waals surface area contributed by atoms with Gasteiger partial charge in [0.15, 0.2) is 0 Å². The zero-order valence-corrected chi connectivity index (χ0v) is 14.2. The largest absolute Gasteiger partial charge is 0.381 e. The number of hydrogen-bond acceptors (Lipinski definition) is 4. The predicted molar refractivity (Wildman–Crippen MR) is 89.7 cm³/mol. The van der Waals surface area contributed by atoms with Crippen LogP contribution in [0.4, 0.5) is 8.78 Å². The SMILES string of the molecule is C=C1CCN([C@@H](C)[C@@](O)(Cn2cncn2)c2ccc(F)cc2F)CC1. The third kappa shape index (κ3) is 3.62. The second-order valence-electron chi connectivity index (χ2n) is 6.60. The molecule has 0 spiro atoms. The Balaban J connectivity index is 1.97. The van der Waals surface area contributed by atoms with Crippen molar-refractivity contribution in [2.75, 3.05) is 13.1 Å². The molecule has 5 nitrogen and oxygen atoms in total. The zero-order chi connectivity index (χ0) is 18.0. The number of benzene rings is 1. The van der Waals surface area contributed by atoms with Gasteiger partial charge in [-0.2, -0.15) is 5.10 Å². The van der Waals surface area contributed by atoms with Crippen molar-refractivity contribution in [2.24, 2.45) is 0 Å². The molecule has 7 heteroatoms. The van der Waals surface area contributed by atoms with E-state index in [9.17, 15) is 13.9 Å². The van der Waals surface area contributed by atoms with Crippen molar-refractivity contribution in [1.29, 1.82) is 0 Å². The van der Waals surface area contributed by atoms with E-state index in [2.05, 4.69) is 21.6 Å². The smallest absolute Gasteiger partial charge is 0.137 e. The summed E-state index contributed by atoms with van der Waals surface area (Å²) < 4.78 is 29.3. The molecule has 1 aliphatic heterocycles. The molecule has 0 unspecified atom stereocenters. The van der Waals surface area contributed by atoms with Crippen molar-refractivity contribution in [3.63, 3.8) is 0 Å². The van der Waals surface area contributed by atoms with Crippen molar-refractivity contribution in [1.82, 2.24) is 19.7 Å². The Morgan fingerprint density at radius 2 is 2.04 bits per heavy atom. The molecule has 1 fully saturated rings. The first kappa shape index (κ1) is 17.7. The Kier molecular flexibility index (Phi) is 4.96. The monoisotopic (exact) mass is 348 g/mol. The summed E-state index contributed by atoms with van der Waals surface area (Å²) in [6.45, 7) is 7.35. The second-order valence-corrected chi connectivity index (χ2v) is 6.60. The molecule has 0 saturated carbocycles. The molecule has 1 aromatic carbocycles. The van der Waals surface area contributed by atoms with Crippen molar-refractivity contribution in [3.8, 4) is 0 Å². The van der Waals surface area contributed by atoms with Gasteiger partial charge in [-0.1, -0.05) is 18.2 Å². The van der Waals surface area contributed by atoms with Crippen LogP contribution >= 0.6 is 0 Å². The molecule has 2 aromatic rings. The van der Waals surface area contributed by atoms with Gasteiger partial charge in [0.25, 0.3) is 0 Å². The van der Waals surface area contributed by atoms with Crippen LogP contribution in [0.3, 0.4) is 0 Å². The normalized spacial score (nSPS) is 19.6. The Morgan fingerprint density at radius 1 is 1.32 bits per heavy atom. The Morgan fingerprint density at radius 3 is 2.64 bits per heavy atom. The first-order valence-corrected chi connectivity index (χ1v) is 8.31. The highest BCUT2D eigenvalue weighted by molar-refractivity contribution is 5.27. The van der Waals surface area contributed by atoms with Crippen molar-refractivity contribution >= 4 is 0 Å². The van der Waals surface area contributed by atoms with E-state index in [1.807, 2.05) is 6.92 Å². The van der Waals surface area contributed by atoms with Crippen molar-refractivity contribution in [2.45, 2.75) is 38.0 Å². The molecule has 3 rings (SSSR count). The fraction of sp³-hybridized carbons (Fsp3) is 0.444. The first-order valence-electron chi connectivity index (χ1n) is 8.31. The summed E-state index contributed by atoms with van der Waals surface area (Å²) >= 11 is 0. The molecule has 0 amide bonds. The number of hydrogen-bond donors (Lipinski definition) is 1. The predicted octanol–water partition coefficient (Wildman–Crippen LogP) is 2.48. The minimum absolute atomic E-state index is 0.0220. The number of halogens is 2. The molecule has 2 atom stereocenters. The van der Waals surface area contributed by atoms with Crippen LogP contribution in [0, 0.1) is 11.6 Å². The minimum atomic E-state index is -1.58. The highest BCUT2D eigenvalue weighted by Crippen LogP contribution is 2.34.